The quantitative estimate of drug-likeness (QED) is 0.897. The summed E-state index contributed by atoms with van der Waals surface area (Å²) in [6.07, 6.45) is 0. The van der Waals surface area contributed by atoms with E-state index in [9.17, 15) is 5.11 Å². The van der Waals surface area contributed by atoms with Crippen LogP contribution in [0.25, 0.3) is 5.57 Å². The number of hydrogen-bond donors (Lipinski definition) is 2. The summed E-state index contributed by atoms with van der Waals surface area (Å²) in [5.41, 5.74) is 3.19. The fourth-order valence-electron chi connectivity index (χ4n) is 2.73. The molecular formula is C19H17N3O. The molecule has 0 fully saturated rings. The summed E-state index contributed by atoms with van der Waals surface area (Å²) >= 11 is 0. The van der Waals surface area contributed by atoms with Crippen LogP contribution in [0.15, 0.2) is 60.4 Å². The molecule has 4 nitrogen and oxygen atoms in total. The lowest BCUT2D eigenvalue weighted by Crippen LogP contribution is -2.26. The summed E-state index contributed by atoms with van der Waals surface area (Å²) in [6.45, 7) is 2.14. The van der Waals surface area contributed by atoms with Gasteiger partial charge in [0.25, 0.3) is 0 Å². The molecule has 0 bridgehead atoms. The Morgan fingerprint density at radius 1 is 1.13 bits per heavy atom. The molecule has 2 aromatic rings. The van der Waals surface area contributed by atoms with Gasteiger partial charge in [0.1, 0.15) is 11.6 Å². The maximum absolute atomic E-state index is 10.3. The molecule has 23 heavy (non-hydrogen) atoms. The van der Waals surface area contributed by atoms with E-state index in [0.717, 1.165) is 16.8 Å². The van der Waals surface area contributed by atoms with Crippen LogP contribution in [0.3, 0.4) is 0 Å². The van der Waals surface area contributed by atoms with Crippen molar-refractivity contribution in [3.63, 3.8) is 0 Å². The highest BCUT2D eigenvalue weighted by atomic mass is 16.3. The second-order valence-electron chi connectivity index (χ2n) is 5.56. The Kier molecular flexibility index (Phi) is 3.86. The topological polar surface area (TPSA) is 71.1 Å². The molecule has 1 aliphatic heterocycles. The molecular weight excluding hydrogens is 286 g/mol. The Hall–Kier alpha value is -3.06. The summed E-state index contributed by atoms with van der Waals surface area (Å²) < 4.78 is 0. The number of hydrogen-bond acceptors (Lipinski definition) is 3. The van der Waals surface area contributed by atoms with Crippen molar-refractivity contribution in [2.24, 2.45) is 0 Å². The van der Waals surface area contributed by atoms with E-state index in [1.165, 1.54) is 0 Å². The first kappa shape index (κ1) is 14.9. The van der Waals surface area contributed by atoms with E-state index in [1.807, 2.05) is 61.5 Å². The Morgan fingerprint density at radius 2 is 1.78 bits per heavy atom. The van der Waals surface area contributed by atoms with Gasteiger partial charge in [0.15, 0.2) is 0 Å². The normalized spacial score (nSPS) is 15.7. The molecule has 0 saturated carbocycles. The zero-order chi connectivity index (χ0) is 16.4. The predicted molar refractivity (Wildman–Crippen MR) is 91.5 cm³/mol. The molecule has 0 spiro atoms. The lowest BCUT2D eigenvalue weighted by molar-refractivity contribution is 0.411. The van der Waals surface area contributed by atoms with Crippen LogP contribution in [-0.4, -0.2) is 17.5 Å². The van der Waals surface area contributed by atoms with E-state index < -0.39 is 0 Å². The molecule has 0 aliphatic carbocycles. The summed E-state index contributed by atoms with van der Waals surface area (Å²) in [5.74, 6) is 0.332. The summed E-state index contributed by atoms with van der Waals surface area (Å²) in [7, 11) is 0. The highest BCUT2D eigenvalue weighted by molar-refractivity contribution is 6.30. The van der Waals surface area contributed by atoms with Gasteiger partial charge in [-0.3, -0.25) is 5.41 Å². The molecule has 0 unspecified atom stereocenters. The number of aliphatic hydroxyl groups is 1. The SMILES string of the molecule is C[C@H](C#N)c1ccc(N2CC(O)=C(c3ccccc3)C2=N)cc1. The first-order valence-corrected chi connectivity index (χ1v) is 7.45. The molecule has 2 aromatic carbocycles. The molecule has 0 radical (unpaired) electrons. The third-order valence-electron chi connectivity index (χ3n) is 4.06. The molecule has 0 aromatic heterocycles. The first-order chi connectivity index (χ1) is 11.1. The Bertz CT molecular complexity index is 801. The van der Waals surface area contributed by atoms with E-state index in [-0.39, 0.29) is 24.1 Å². The van der Waals surface area contributed by atoms with Gasteiger partial charge in [0.05, 0.1) is 24.1 Å². The van der Waals surface area contributed by atoms with Gasteiger partial charge in [0, 0.05) is 5.69 Å². The highest BCUT2D eigenvalue weighted by Crippen LogP contribution is 2.31. The third-order valence-corrected chi connectivity index (χ3v) is 4.06. The summed E-state index contributed by atoms with van der Waals surface area (Å²) in [5, 5.41) is 27.7. The molecule has 1 aliphatic rings. The van der Waals surface area contributed by atoms with Crippen LogP contribution in [0.5, 0.6) is 0 Å². The average Bonchev–Trinajstić information content (AvgIpc) is 2.89. The molecule has 1 heterocycles. The monoisotopic (exact) mass is 303 g/mol. The zero-order valence-corrected chi connectivity index (χ0v) is 12.8. The molecule has 114 valence electrons. The first-order valence-electron chi connectivity index (χ1n) is 7.45. The number of aliphatic hydroxyl groups excluding tert-OH is 1. The van der Waals surface area contributed by atoms with Gasteiger partial charge in [0.2, 0.25) is 0 Å². The van der Waals surface area contributed by atoms with Gasteiger partial charge < -0.3 is 10.0 Å². The Balaban J connectivity index is 1.87. The fraction of sp³-hybridized carbons (Fsp3) is 0.158. The van der Waals surface area contributed by atoms with Crippen molar-refractivity contribution in [1.29, 1.82) is 10.7 Å². The van der Waals surface area contributed by atoms with Crippen molar-refractivity contribution in [3.05, 3.63) is 71.5 Å². The summed E-state index contributed by atoms with van der Waals surface area (Å²) in [6, 6.07) is 19.3. The molecule has 0 amide bonds. The van der Waals surface area contributed by atoms with Gasteiger partial charge in [-0.05, 0) is 30.2 Å². The Morgan fingerprint density at radius 3 is 2.39 bits per heavy atom. The lowest BCUT2D eigenvalue weighted by Gasteiger charge is -2.19. The minimum absolute atomic E-state index is 0.159. The van der Waals surface area contributed by atoms with Gasteiger partial charge in [-0.2, -0.15) is 5.26 Å². The predicted octanol–water partition coefficient (Wildman–Crippen LogP) is 4.08. The van der Waals surface area contributed by atoms with Crippen molar-refractivity contribution >= 4 is 17.1 Å². The number of nitrogens with one attached hydrogen (secondary N) is 1. The van der Waals surface area contributed by atoms with Gasteiger partial charge in [-0.1, -0.05) is 42.5 Å². The van der Waals surface area contributed by atoms with Crippen LogP contribution >= 0.6 is 0 Å². The maximum Gasteiger partial charge on any atom is 0.137 e. The number of nitriles is 1. The van der Waals surface area contributed by atoms with Gasteiger partial charge in [-0.15, -0.1) is 0 Å². The van der Waals surface area contributed by atoms with Crippen LogP contribution in [0.1, 0.15) is 24.0 Å². The largest absolute Gasteiger partial charge is 0.510 e. The van der Waals surface area contributed by atoms with E-state index >= 15 is 0 Å². The lowest BCUT2D eigenvalue weighted by atomic mass is 10.0. The number of amidine groups is 1. The zero-order valence-electron chi connectivity index (χ0n) is 12.8. The minimum Gasteiger partial charge on any atom is -0.510 e. The van der Waals surface area contributed by atoms with Crippen molar-refractivity contribution in [1.82, 2.24) is 0 Å². The van der Waals surface area contributed by atoms with E-state index in [1.54, 1.807) is 4.90 Å². The number of benzene rings is 2. The molecule has 4 heteroatoms. The van der Waals surface area contributed by atoms with Gasteiger partial charge in [-0.25, -0.2) is 0 Å². The van der Waals surface area contributed by atoms with E-state index in [2.05, 4.69) is 6.07 Å². The van der Waals surface area contributed by atoms with Crippen LogP contribution in [0.4, 0.5) is 5.69 Å². The van der Waals surface area contributed by atoms with Crippen molar-refractivity contribution in [2.75, 3.05) is 11.4 Å². The number of anilines is 1. The molecule has 2 N–H and O–H groups in total. The highest BCUT2D eigenvalue weighted by Gasteiger charge is 2.29. The molecule has 0 saturated heterocycles. The number of nitrogens with zero attached hydrogens (tertiary/aromatic N) is 2. The molecule has 3 rings (SSSR count). The van der Waals surface area contributed by atoms with Crippen LogP contribution in [0.2, 0.25) is 0 Å². The van der Waals surface area contributed by atoms with Crippen LogP contribution in [-0.2, 0) is 0 Å². The van der Waals surface area contributed by atoms with E-state index in [0.29, 0.717) is 5.57 Å². The summed E-state index contributed by atoms with van der Waals surface area (Å²) in [4.78, 5) is 1.76. The maximum atomic E-state index is 10.3. The molecule has 1 atom stereocenters. The second-order valence-corrected chi connectivity index (χ2v) is 5.56. The smallest absolute Gasteiger partial charge is 0.137 e. The van der Waals surface area contributed by atoms with Crippen molar-refractivity contribution < 1.29 is 5.11 Å². The second kappa shape index (κ2) is 5.98. The standard InChI is InChI=1S/C19H17N3O/c1-13(11-20)14-7-9-16(10-8-14)22-12-17(23)18(19(22)21)15-5-3-2-4-6-15/h2-10,13,21,23H,12H2,1H3/t13-/m1/s1. The minimum atomic E-state index is -0.159. The average molecular weight is 303 g/mol. The Labute approximate surface area is 135 Å². The van der Waals surface area contributed by atoms with Crippen molar-refractivity contribution in [3.8, 4) is 6.07 Å². The van der Waals surface area contributed by atoms with Gasteiger partial charge >= 0.3 is 0 Å². The fourth-order valence-corrected chi connectivity index (χ4v) is 2.73. The van der Waals surface area contributed by atoms with E-state index in [4.69, 9.17) is 10.7 Å². The van der Waals surface area contributed by atoms with Crippen molar-refractivity contribution in [2.45, 2.75) is 12.8 Å². The van der Waals surface area contributed by atoms with Crippen LogP contribution < -0.4 is 4.90 Å². The number of rotatable bonds is 3. The van der Waals surface area contributed by atoms with Crippen LogP contribution in [0, 0.1) is 16.7 Å². The third kappa shape index (κ3) is 2.69.